The van der Waals surface area contributed by atoms with Crippen molar-refractivity contribution in [2.45, 2.75) is 0 Å². The number of nitrogens with one attached hydrogen (secondary N) is 1. The molecule has 0 aliphatic carbocycles. The minimum atomic E-state index is -0.514. The Hall–Kier alpha value is -2.59. The van der Waals surface area contributed by atoms with Crippen LogP contribution >= 0.6 is 15.9 Å². The van der Waals surface area contributed by atoms with Crippen LogP contribution in [0.15, 0.2) is 83.3 Å². The molecule has 1 N–H and O–H groups in total. The number of ether oxygens (including phenoxy) is 1. The molecule has 3 nitrogen and oxygen atoms in total. The van der Waals surface area contributed by atoms with E-state index in [4.69, 9.17) is 4.74 Å². The summed E-state index contributed by atoms with van der Waals surface area (Å²) in [6, 6.07) is 24.8. The van der Waals surface area contributed by atoms with E-state index >= 15 is 0 Å². The van der Waals surface area contributed by atoms with Crippen LogP contribution in [0.1, 0.15) is 0 Å². The lowest BCUT2D eigenvalue weighted by Gasteiger charge is -2.07. The number of amides is 1. The molecule has 0 atom stereocenters. The first-order chi connectivity index (χ1) is 11.2. The predicted octanol–water partition coefficient (Wildman–Crippen LogP) is 5.73. The average Bonchev–Trinajstić information content (AvgIpc) is 2.58. The predicted molar refractivity (Wildman–Crippen MR) is 95.7 cm³/mol. The fraction of sp³-hybridized carbons (Fsp3) is 0. The molecule has 0 bridgehead atoms. The Morgan fingerprint density at radius 2 is 1.39 bits per heavy atom. The van der Waals surface area contributed by atoms with Crippen LogP contribution in [0.3, 0.4) is 0 Å². The number of benzene rings is 3. The van der Waals surface area contributed by atoms with E-state index in [9.17, 15) is 4.79 Å². The first kappa shape index (κ1) is 15.3. The van der Waals surface area contributed by atoms with Gasteiger partial charge in [0.1, 0.15) is 5.75 Å². The largest absolute Gasteiger partial charge is 0.417 e. The third-order valence-electron chi connectivity index (χ3n) is 3.26. The van der Waals surface area contributed by atoms with Crippen molar-refractivity contribution < 1.29 is 9.53 Å². The van der Waals surface area contributed by atoms with Crippen LogP contribution in [-0.2, 0) is 0 Å². The van der Waals surface area contributed by atoms with Gasteiger partial charge in [-0.2, -0.15) is 0 Å². The van der Waals surface area contributed by atoms with E-state index in [2.05, 4.69) is 21.2 Å². The fourth-order valence-corrected chi connectivity index (χ4v) is 2.39. The smallest absolute Gasteiger partial charge is 0.410 e. The zero-order valence-electron chi connectivity index (χ0n) is 12.2. The molecule has 3 aromatic carbocycles. The lowest BCUT2D eigenvalue weighted by molar-refractivity contribution is 0.215. The summed E-state index contributed by atoms with van der Waals surface area (Å²) in [5.74, 6) is 0.499. The highest BCUT2D eigenvalue weighted by molar-refractivity contribution is 9.10. The van der Waals surface area contributed by atoms with Crippen LogP contribution in [0, 0.1) is 0 Å². The SMILES string of the molecule is O=C(Nc1ccc(Br)cc1)Oc1ccc(-c2ccccc2)cc1. The number of hydrogen-bond acceptors (Lipinski definition) is 2. The van der Waals surface area contributed by atoms with Crippen molar-refractivity contribution in [3.05, 3.63) is 83.3 Å². The van der Waals surface area contributed by atoms with E-state index in [1.54, 1.807) is 24.3 Å². The van der Waals surface area contributed by atoms with E-state index in [1.807, 2.05) is 54.6 Å². The number of rotatable bonds is 3. The maximum Gasteiger partial charge on any atom is 0.417 e. The van der Waals surface area contributed by atoms with E-state index in [0.29, 0.717) is 11.4 Å². The van der Waals surface area contributed by atoms with Crippen molar-refractivity contribution in [2.75, 3.05) is 5.32 Å². The van der Waals surface area contributed by atoms with Crippen LogP contribution in [0.25, 0.3) is 11.1 Å². The van der Waals surface area contributed by atoms with Gasteiger partial charge in [-0.3, -0.25) is 5.32 Å². The van der Waals surface area contributed by atoms with Crippen molar-refractivity contribution in [3.8, 4) is 16.9 Å². The van der Waals surface area contributed by atoms with Gasteiger partial charge in [-0.05, 0) is 47.5 Å². The molecule has 0 aromatic heterocycles. The summed E-state index contributed by atoms with van der Waals surface area (Å²) in [7, 11) is 0. The normalized spacial score (nSPS) is 10.1. The van der Waals surface area contributed by atoms with Gasteiger partial charge in [0.25, 0.3) is 0 Å². The number of carbonyl (C=O) groups is 1. The summed E-state index contributed by atoms with van der Waals surface area (Å²) in [6.45, 7) is 0. The molecule has 0 heterocycles. The summed E-state index contributed by atoms with van der Waals surface area (Å²) >= 11 is 3.35. The average molecular weight is 368 g/mol. The molecule has 0 radical (unpaired) electrons. The monoisotopic (exact) mass is 367 g/mol. The van der Waals surface area contributed by atoms with Gasteiger partial charge in [0.15, 0.2) is 0 Å². The van der Waals surface area contributed by atoms with E-state index in [0.717, 1.165) is 15.6 Å². The Bertz CT molecular complexity index is 784. The van der Waals surface area contributed by atoms with E-state index in [1.165, 1.54) is 0 Å². The highest BCUT2D eigenvalue weighted by Crippen LogP contribution is 2.22. The molecule has 23 heavy (non-hydrogen) atoms. The van der Waals surface area contributed by atoms with Gasteiger partial charge >= 0.3 is 6.09 Å². The zero-order valence-corrected chi connectivity index (χ0v) is 13.8. The Balaban J connectivity index is 1.64. The van der Waals surface area contributed by atoms with Crippen LogP contribution in [0.5, 0.6) is 5.75 Å². The van der Waals surface area contributed by atoms with Crippen molar-refractivity contribution in [1.82, 2.24) is 0 Å². The Morgan fingerprint density at radius 3 is 2.04 bits per heavy atom. The van der Waals surface area contributed by atoms with Gasteiger partial charge in [-0.25, -0.2) is 4.79 Å². The molecule has 0 fully saturated rings. The quantitative estimate of drug-likeness (QED) is 0.641. The lowest BCUT2D eigenvalue weighted by atomic mass is 10.1. The third kappa shape index (κ3) is 4.20. The van der Waals surface area contributed by atoms with Gasteiger partial charge in [0.05, 0.1) is 0 Å². The van der Waals surface area contributed by atoms with Crippen LogP contribution in [-0.4, -0.2) is 6.09 Å². The molecule has 4 heteroatoms. The second kappa shape index (κ2) is 7.11. The second-order valence-electron chi connectivity index (χ2n) is 4.91. The molecule has 3 rings (SSSR count). The molecule has 1 amide bonds. The highest BCUT2D eigenvalue weighted by Gasteiger charge is 2.05. The fourth-order valence-electron chi connectivity index (χ4n) is 2.13. The van der Waals surface area contributed by atoms with Crippen LogP contribution in [0.4, 0.5) is 10.5 Å². The van der Waals surface area contributed by atoms with Crippen molar-refractivity contribution in [2.24, 2.45) is 0 Å². The maximum atomic E-state index is 11.9. The molecular weight excluding hydrogens is 354 g/mol. The Kier molecular flexibility index (Phi) is 4.74. The number of carbonyl (C=O) groups excluding carboxylic acids is 1. The third-order valence-corrected chi connectivity index (χ3v) is 3.79. The topological polar surface area (TPSA) is 38.3 Å². The maximum absolute atomic E-state index is 11.9. The summed E-state index contributed by atoms with van der Waals surface area (Å²) in [5, 5.41) is 2.68. The van der Waals surface area contributed by atoms with E-state index < -0.39 is 6.09 Å². The molecule has 3 aromatic rings. The number of anilines is 1. The number of halogens is 1. The molecule has 0 aliphatic rings. The summed E-state index contributed by atoms with van der Waals surface area (Å²) in [4.78, 5) is 11.9. The van der Waals surface area contributed by atoms with Crippen molar-refractivity contribution in [3.63, 3.8) is 0 Å². The van der Waals surface area contributed by atoms with E-state index in [-0.39, 0.29) is 0 Å². The first-order valence-corrected chi connectivity index (χ1v) is 7.90. The van der Waals surface area contributed by atoms with Crippen LogP contribution in [0.2, 0.25) is 0 Å². The highest BCUT2D eigenvalue weighted by atomic mass is 79.9. The van der Waals surface area contributed by atoms with Gasteiger partial charge in [-0.15, -0.1) is 0 Å². The molecule has 0 spiro atoms. The van der Waals surface area contributed by atoms with Crippen molar-refractivity contribution >= 4 is 27.7 Å². The lowest BCUT2D eigenvalue weighted by Crippen LogP contribution is -2.16. The molecule has 0 saturated heterocycles. The summed E-state index contributed by atoms with van der Waals surface area (Å²) < 4.78 is 6.23. The number of hydrogen-bond donors (Lipinski definition) is 1. The standard InChI is InChI=1S/C19H14BrNO2/c20-16-8-10-17(11-9-16)21-19(22)23-18-12-6-15(7-13-18)14-4-2-1-3-5-14/h1-13H,(H,21,22). The first-order valence-electron chi connectivity index (χ1n) is 7.10. The van der Waals surface area contributed by atoms with Gasteiger partial charge in [0, 0.05) is 10.2 Å². The van der Waals surface area contributed by atoms with Gasteiger partial charge in [0.2, 0.25) is 0 Å². The van der Waals surface area contributed by atoms with Crippen molar-refractivity contribution in [1.29, 1.82) is 0 Å². The minimum Gasteiger partial charge on any atom is -0.410 e. The van der Waals surface area contributed by atoms with Gasteiger partial charge in [-0.1, -0.05) is 58.4 Å². The molecule has 0 aliphatic heterocycles. The Labute approximate surface area is 143 Å². The summed E-state index contributed by atoms with van der Waals surface area (Å²) in [5.41, 5.74) is 2.88. The molecular formula is C19H14BrNO2. The zero-order chi connectivity index (χ0) is 16.1. The molecule has 114 valence electrons. The van der Waals surface area contributed by atoms with Crippen LogP contribution < -0.4 is 10.1 Å². The molecule has 0 saturated carbocycles. The Morgan fingerprint density at radius 1 is 0.783 bits per heavy atom. The van der Waals surface area contributed by atoms with Gasteiger partial charge < -0.3 is 4.74 Å². The molecule has 0 unspecified atom stereocenters. The second-order valence-corrected chi connectivity index (χ2v) is 5.83. The minimum absolute atomic E-state index is 0.499. The summed E-state index contributed by atoms with van der Waals surface area (Å²) in [6.07, 6.45) is -0.514.